The van der Waals surface area contributed by atoms with Gasteiger partial charge in [0.05, 0.1) is 10.4 Å². The number of oxazole rings is 1. The van der Waals surface area contributed by atoms with Crippen LogP contribution in [0.1, 0.15) is 18.4 Å². The smallest absolute Gasteiger partial charge is 0.408 e. The minimum atomic E-state index is -3.74. The van der Waals surface area contributed by atoms with Crippen molar-refractivity contribution in [1.29, 1.82) is 0 Å². The zero-order chi connectivity index (χ0) is 21.5. The van der Waals surface area contributed by atoms with E-state index in [1.165, 1.54) is 21.0 Å². The number of anilines is 1. The number of carbonyl (C=O) groups is 1. The molecule has 2 aromatic carbocycles. The van der Waals surface area contributed by atoms with Crippen LogP contribution < -0.4 is 11.1 Å². The predicted octanol–water partition coefficient (Wildman–Crippen LogP) is 2.48. The summed E-state index contributed by atoms with van der Waals surface area (Å²) in [5.41, 5.74) is 2.56. The maximum absolute atomic E-state index is 13.0. The van der Waals surface area contributed by atoms with Gasteiger partial charge in [-0.1, -0.05) is 12.1 Å². The molecule has 1 aliphatic heterocycles. The molecule has 1 amide bonds. The van der Waals surface area contributed by atoms with Gasteiger partial charge in [0.2, 0.25) is 15.9 Å². The lowest BCUT2D eigenvalue weighted by atomic mass is 9.97. The van der Waals surface area contributed by atoms with E-state index in [2.05, 4.69) is 5.32 Å². The van der Waals surface area contributed by atoms with Gasteiger partial charge in [0.1, 0.15) is 0 Å². The number of sulfonamides is 1. The summed E-state index contributed by atoms with van der Waals surface area (Å²) in [6.45, 7) is 2.47. The van der Waals surface area contributed by atoms with Crippen molar-refractivity contribution in [3.05, 3.63) is 58.6 Å². The summed E-state index contributed by atoms with van der Waals surface area (Å²) in [7, 11) is -2.18. The van der Waals surface area contributed by atoms with E-state index in [0.29, 0.717) is 18.4 Å². The minimum absolute atomic E-state index is 0.0759. The topological polar surface area (TPSA) is 102 Å². The second-order valence-corrected chi connectivity index (χ2v) is 9.53. The molecule has 1 aliphatic rings. The number of aromatic nitrogens is 1. The number of amides is 1. The van der Waals surface area contributed by atoms with Crippen molar-refractivity contribution in [2.45, 2.75) is 24.7 Å². The largest absolute Gasteiger partial charge is 0.419 e. The minimum Gasteiger partial charge on any atom is -0.408 e. The monoisotopic (exact) mass is 429 g/mol. The number of rotatable bonds is 4. The van der Waals surface area contributed by atoms with Crippen LogP contribution in [0.5, 0.6) is 0 Å². The Morgan fingerprint density at radius 2 is 1.87 bits per heavy atom. The Bertz CT molecular complexity index is 1270. The SMILES string of the molecule is Cc1cccc(NC(=O)C2CCN(S(=O)(=O)c3ccc4c(c3)oc(=O)n4C)CC2)c1. The van der Waals surface area contributed by atoms with Gasteiger partial charge >= 0.3 is 5.76 Å². The van der Waals surface area contributed by atoms with Crippen LogP contribution >= 0.6 is 0 Å². The zero-order valence-corrected chi connectivity index (χ0v) is 17.6. The number of piperidine rings is 1. The van der Waals surface area contributed by atoms with E-state index in [4.69, 9.17) is 4.42 Å². The molecule has 1 aromatic heterocycles. The molecule has 0 saturated carbocycles. The van der Waals surface area contributed by atoms with E-state index in [1.54, 1.807) is 13.1 Å². The molecule has 9 heteroatoms. The molecule has 1 saturated heterocycles. The van der Waals surface area contributed by atoms with Gasteiger partial charge < -0.3 is 9.73 Å². The normalized spacial score (nSPS) is 16.1. The highest BCUT2D eigenvalue weighted by Gasteiger charge is 2.32. The first kappa shape index (κ1) is 20.4. The number of nitrogens with zero attached hydrogens (tertiary/aromatic N) is 2. The fraction of sp³-hybridized carbons (Fsp3) is 0.333. The number of fused-ring (bicyclic) bond motifs is 1. The second-order valence-electron chi connectivity index (χ2n) is 7.59. The fourth-order valence-electron chi connectivity index (χ4n) is 3.75. The van der Waals surface area contributed by atoms with Crippen LogP contribution in [0.3, 0.4) is 0 Å². The summed E-state index contributed by atoms with van der Waals surface area (Å²) >= 11 is 0. The molecule has 4 rings (SSSR count). The van der Waals surface area contributed by atoms with E-state index < -0.39 is 15.8 Å². The highest BCUT2D eigenvalue weighted by atomic mass is 32.2. The van der Waals surface area contributed by atoms with E-state index in [0.717, 1.165) is 11.3 Å². The van der Waals surface area contributed by atoms with Crippen LogP contribution in [0.25, 0.3) is 11.1 Å². The third kappa shape index (κ3) is 3.78. The van der Waals surface area contributed by atoms with Crippen molar-refractivity contribution >= 4 is 32.7 Å². The average Bonchev–Trinajstić information content (AvgIpc) is 3.01. The summed E-state index contributed by atoms with van der Waals surface area (Å²) in [6, 6.07) is 12.0. The number of carbonyl (C=O) groups excluding carboxylic acids is 1. The van der Waals surface area contributed by atoms with Gasteiger partial charge in [-0.2, -0.15) is 4.31 Å². The summed E-state index contributed by atoms with van der Waals surface area (Å²) in [5, 5.41) is 2.91. The van der Waals surface area contributed by atoms with Crippen LogP contribution in [-0.2, 0) is 21.9 Å². The molecule has 3 aromatic rings. The standard InChI is InChI=1S/C21H23N3O5S/c1-14-4-3-5-16(12-14)22-20(25)15-8-10-24(11-9-15)30(27,28)17-6-7-18-19(13-17)29-21(26)23(18)2/h3-7,12-13,15H,8-11H2,1-2H3,(H,22,25). The molecular weight excluding hydrogens is 406 g/mol. The first-order chi connectivity index (χ1) is 14.3. The molecule has 0 aliphatic carbocycles. The molecule has 0 unspecified atom stereocenters. The van der Waals surface area contributed by atoms with Crippen LogP contribution in [0.15, 0.2) is 56.6 Å². The molecular formula is C21H23N3O5S. The quantitative estimate of drug-likeness (QED) is 0.687. The molecule has 0 spiro atoms. The van der Waals surface area contributed by atoms with Crippen molar-refractivity contribution < 1.29 is 17.6 Å². The van der Waals surface area contributed by atoms with Crippen molar-refractivity contribution in [3.8, 4) is 0 Å². The van der Waals surface area contributed by atoms with Crippen molar-refractivity contribution in [2.24, 2.45) is 13.0 Å². The third-order valence-corrected chi connectivity index (χ3v) is 7.41. The van der Waals surface area contributed by atoms with Gasteiger partial charge in [-0.05, 0) is 49.6 Å². The highest BCUT2D eigenvalue weighted by Crippen LogP contribution is 2.26. The Hall–Kier alpha value is -2.91. The average molecular weight is 429 g/mol. The van der Waals surface area contributed by atoms with Crippen LogP contribution in [0.2, 0.25) is 0 Å². The number of nitrogens with one attached hydrogen (secondary N) is 1. The van der Waals surface area contributed by atoms with Gasteiger partial charge in [0.15, 0.2) is 5.58 Å². The van der Waals surface area contributed by atoms with Crippen molar-refractivity contribution in [3.63, 3.8) is 0 Å². The Kier molecular flexibility index (Phi) is 5.25. The van der Waals surface area contributed by atoms with Gasteiger partial charge in [0.25, 0.3) is 0 Å². The summed E-state index contributed by atoms with van der Waals surface area (Å²) < 4.78 is 33.9. The van der Waals surface area contributed by atoms with Gasteiger partial charge in [-0.25, -0.2) is 13.2 Å². The Morgan fingerprint density at radius 3 is 2.57 bits per heavy atom. The summed E-state index contributed by atoms with van der Waals surface area (Å²) in [5.74, 6) is -0.878. The lowest BCUT2D eigenvalue weighted by molar-refractivity contribution is -0.120. The molecule has 8 nitrogen and oxygen atoms in total. The number of aryl methyl sites for hydroxylation is 2. The predicted molar refractivity (Wildman–Crippen MR) is 113 cm³/mol. The highest BCUT2D eigenvalue weighted by molar-refractivity contribution is 7.89. The molecule has 0 radical (unpaired) electrons. The van der Waals surface area contributed by atoms with E-state index in [1.807, 2.05) is 31.2 Å². The molecule has 30 heavy (non-hydrogen) atoms. The molecule has 0 atom stereocenters. The lowest BCUT2D eigenvalue weighted by Gasteiger charge is -2.30. The Balaban J connectivity index is 1.45. The van der Waals surface area contributed by atoms with Crippen LogP contribution in [-0.4, -0.2) is 36.3 Å². The Labute approximate surface area is 174 Å². The van der Waals surface area contributed by atoms with Crippen LogP contribution in [0, 0.1) is 12.8 Å². The molecule has 158 valence electrons. The van der Waals surface area contributed by atoms with Crippen molar-refractivity contribution in [1.82, 2.24) is 8.87 Å². The van der Waals surface area contributed by atoms with Crippen molar-refractivity contribution in [2.75, 3.05) is 18.4 Å². The van der Waals surface area contributed by atoms with Gasteiger partial charge in [-0.3, -0.25) is 9.36 Å². The van der Waals surface area contributed by atoms with E-state index in [-0.39, 0.29) is 35.4 Å². The van der Waals surface area contributed by atoms with Crippen LogP contribution in [0.4, 0.5) is 5.69 Å². The Morgan fingerprint density at radius 1 is 1.13 bits per heavy atom. The number of hydrogen-bond acceptors (Lipinski definition) is 5. The fourth-order valence-corrected chi connectivity index (χ4v) is 5.23. The molecule has 0 bridgehead atoms. The van der Waals surface area contributed by atoms with Gasteiger partial charge in [-0.15, -0.1) is 0 Å². The summed E-state index contributed by atoms with van der Waals surface area (Å²) in [4.78, 5) is 24.3. The molecule has 2 heterocycles. The molecule has 1 fully saturated rings. The maximum atomic E-state index is 13.0. The third-order valence-electron chi connectivity index (χ3n) is 5.51. The maximum Gasteiger partial charge on any atom is 0.419 e. The number of hydrogen-bond donors (Lipinski definition) is 1. The second kappa shape index (κ2) is 7.73. The lowest BCUT2D eigenvalue weighted by Crippen LogP contribution is -2.41. The zero-order valence-electron chi connectivity index (χ0n) is 16.8. The van der Waals surface area contributed by atoms with Gasteiger partial charge in [0, 0.05) is 37.8 Å². The van der Waals surface area contributed by atoms with E-state index >= 15 is 0 Å². The first-order valence-electron chi connectivity index (χ1n) is 9.73. The first-order valence-corrected chi connectivity index (χ1v) is 11.2. The molecule has 1 N–H and O–H groups in total. The summed E-state index contributed by atoms with van der Waals surface area (Å²) in [6.07, 6.45) is 0.888. The van der Waals surface area contributed by atoms with E-state index in [9.17, 15) is 18.0 Å². The number of benzene rings is 2.